The molecule has 1 amide bonds. The molecule has 0 bridgehead atoms. The van der Waals surface area contributed by atoms with E-state index in [-0.39, 0.29) is 11.3 Å². The number of carbonyl (C=O) groups excluding carboxylic acids is 1. The molecule has 3 heterocycles. The molecule has 0 aromatic carbocycles. The maximum absolute atomic E-state index is 12.8. The molecule has 0 aliphatic carbocycles. The van der Waals surface area contributed by atoms with Gasteiger partial charge in [0.05, 0.1) is 12.2 Å². The summed E-state index contributed by atoms with van der Waals surface area (Å²) < 4.78 is 7.73. The Balaban J connectivity index is 1.69. The van der Waals surface area contributed by atoms with E-state index in [0.717, 1.165) is 37.3 Å². The van der Waals surface area contributed by atoms with Crippen molar-refractivity contribution in [3.63, 3.8) is 0 Å². The third-order valence-corrected chi connectivity index (χ3v) is 5.18. The average molecular weight is 357 g/mol. The molecule has 1 aliphatic rings. The maximum Gasteiger partial charge on any atom is 0.255 e. The molecule has 0 saturated carbocycles. The molecular formula is C19H27N5O2. The molecule has 2 aromatic rings. The first-order valence-electron chi connectivity index (χ1n) is 9.15. The highest BCUT2D eigenvalue weighted by Gasteiger charge is 2.40. The first-order valence-corrected chi connectivity index (χ1v) is 9.15. The highest BCUT2D eigenvalue weighted by atomic mass is 16.5. The van der Waals surface area contributed by atoms with Gasteiger partial charge in [0, 0.05) is 50.5 Å². The molecule has 1 saturated heterocycles. The molecule has 0 radical (unpaired) electrons. The van der Waals surface area contributed by atoms with Crippen LogP contribution < -0.4 is 0 Å². The van der Waals surface area contributed by atoms with E-state index in [1.807, 2.05) is 42.5 Å². The summed E-state index contributed by atoms with van der Waals surface area (Å²) in [5, 5.41) is 8.13. The van der Waals surface area contributed by atoms with Crippen LogP contribution in [-0.4, -0.2) is 56.9 Å². The molecule has 26 heavy (non-hydrogen) atoms. The van der Waals surface area contributed by atoms with E-state index >= 15 is 0 Å². The number of likely N-dealkylation sites (tertiary alicyclic amines) is 1. The van der Waals surface area contributed by atoms with Gasteiger partial charge in [0.25, 0.3) is 5.91 Å². The monoisotopic (exact) mass is 357 g/mol. The molecule has 1 unspecified atom stereocenters. The van der Waals surface area contributed by atoms with Gasteiger partial charge in [-0.2, -0.15) is 0 Å². The van der Waals surface area contributed by atoms with Crippen molar-refractivity contribution in [2.24, 2.45) is 12.5 Å². The van der Waals surface area contributed by atoms with Crippen LogP contribution in [0, 0.1) is 12.3 Å². The first-order chi connectivity index (χ1) is 12.5. The van der Waals surface area contributed by atoms with Crippen molar-refractivity contribution < 1.29 is 9.53 Å². The van der Waals surface area contributed by atoms with E-state index < -0.39 is 0 Å². The highest BCUT2D eigenvalue weighted by Crippen LogP contribution is 2.36. The Hall–Kier alpha value is -2.28. The van der Waals surface area contributed by atoms with Crippen LogP contribution in [0.3, 0.4) is 0 Å². The van der Waals surface area contributed by atoms with E-state index in [4.69, 9.17) is 4.74 Å². The number of carbonyl (C=O) groups is 1. The quantitative estimate of drug-likeness (QED) is 0.758. The number of hydrogen-bond donors (Lipinski definition) is 0. The second-order valence-electron chi connectivity index (χ2n) is 7.16. The largest absolute Gasteiger partial charge is 0.381 e. The van der Waals surface area contributed by atoms with Crippen LogP contribution in [0.5, 0.6) is 0 Å². The van der Waals surface area contributed by atoms with Crippen molar-refractivity contribution in [2.75, 3.05) is 26.3 Å². The third-order valence-electron chi connectivity index (χ3n) is 5.18. The molecule has 2 aromatic heterocycles. The minimum Gasteiger partial charge on any atom is -0.381 e. The van der Waals surface area contributed by atoms with Crippen molar-refractivity contribution >= 4 is 5.91 Å². The van der Waals surface area contributed by atoms with E-state index in [1.54, 1.807) is 12.5 Å². The number of aryl methyl sites for hydroxylation is 3. The van der Waals surface area contributed by atoms with Crippen LogP contribution in [0.15, 0.2) is 24.7 Å². The minimum absolute atomic E-state index is 0.0320. The van der Waals surface area contributed by atoms with Crippen LogP contribution >= 0.6 is 0 Å². The molecule has 0 N–H and O–H groups in total. The molecule has 1 fully saturated rings. The van der Waals surface area contributed by atoms with Crippen molar-refractivity contribution in [3.8, 4) is 0 Å². The lowest BCUT2D eigenvalue weighted by atomic mass is 9.83. The summed E-state index contributed by atoms with van der Waals surface area (Å²) in [6.45, 7) is 6.73. The predicted octanol–water partition coefficient (Wildman–Crippen LogP) is 2.02. The third kappa shape index (κ3) is 4.09. The van der Waals surface area contributed by atoms with Crippen molar-refractivity contribution in [1.29, 1.82) is 0 Å². The summed E-state index contributed by atoms with van der Waals surface area (Å²) in [4.78, 5) is 19.0. The summed E-state index contributed by atoms with van der Waals surface area (Å²) >= 11 is 0. The highest BCUT2D eigenvalue weighted by molar-refractivity contribution is 5.94. The van der Waals surface area contributed by atoms with Crippen LogP contribution in [0.25, 0.3) is 0 Å². The lowest BCUT2D eigenvalue weighted by molar-refractivity contribution is 0.0462. The lowest BCUT2D eigenvalue weighted by Crippen LogP contribution is -2.35. The molecule has 7 nitrogen and oxygen atoms in total. The smallest absolute Gasteiger partial charge is 0.255 e. The van der Waals surface area contributed by atoms with Gasteiger partial charge >= 0.3 is 0 Å². The Morgan fingerprint density at radius 3 is 2.88 bits per heavy atom. The van der Waals surface area contributed by atoms with Gasteiger partial charge in [-0.3, -0.25) is 9.78 Å². The fourth-order valence-corrected chi connectivity index (χ4v) is 3.51. The van der Waals surface area contributed by atoms with Gasteiger partial charge in [0.1, 0.15) is 12.2 Å². The van der Waals surface area contributed by atoms with Crippen LogP contribution in [0.1, 0.15) is 41.6 Å². The standard InChI is InChI=1S/C19H27N5O2/c1-4-26-13-19(8-7-17-22-21-14-23(17)3)9-10-24(12-19)18(25)16-6-5-15(2)20-11-16/h5-6,11,14H,4,7-10,12-13H2,1-3H3. The Labute approximate surface area is 154 Å². The Bertz CT molecular complexity index is 743. The maximum atomic E-state index is 12.8. The number of amides is 1. The van der Waals surface area contributed by atoms with Gasteiger partial charge in [0.2, 0.25) is 0 Å². The Morgan fingerprint density at radius 1 is 1.38 bits per heavy atom. The number of nitrogens with zero attached hydrogens (tertiary/aromatic N) is 5. The second kappa shape index (κ2) is 7.95. The number of pyridine rings is 1. The van der Waals surface area contributed by atoms with Crippen molar-refractivity contribution in [2.45, 2.75) is 33.1 Å². The van der Waals surface area contributed by atoms with Gasteiger partial charge in [-0.15, -0.1) is 10.2 Å². The summed E-state index contributed by atoms with van der Waals surface area (Å²) in [5.74, 6) is 1.02. The lowest BCUT2D eigenvalue weighted by Gasteiger charge is -2.29. The molecular weight excluding hydrogens is 330 g/mol. The zero-order valence-corrected chi connectivity index (χ0v) is 15.8. The van der Waals surface area contributed by atoms with Gasteiger partial charge < -0.3 is 14.2 Å². The fourth-order valence-electron chi connectivity index (χ4n) is 3.51. The van der Waals surface area contributed by atoms with E-state index in [1.165, 1.54) is 0 Å². The topological polar surface area (TPSA) is 73.1 Å². The minimum atomic E-state index is -0.0320. The summed E-state index contributed by atoms with van der Waals surface area (Å²) in [6.07, 6.45) is 6.09. The zero-order chi connectivity index (χ0) is 18.6. The van der Waals surface area contributed by atoms with Gasteiger partial charge in [-0.25, -0.2) is 0 Å². The number of ether oxygens (including phenoxy) is 1. The second-order valence-corrected chi connectivity index (χ2v) is 7.16. The van der Waals surface area contributed by atoms with E-state index in [0.29, 0.717) is 25.3 Å². The number of rotatable bonds is 7. The normalized spacial score (nSPS) is 19.9. The van der Waals surface area contributed by atoms with E-state index in [9.17, 15) is 4.79 Å². The fraction of sp³-hybridized carbons (Fsp3) is 0.579. The van der Waals surface area contributed by atoms with Crippen LogP contribution in [-0.2, 0) is 18.2 Å². The zero-order valence-electron chi connectivity index (χ0n) is 15.8. The van der Waals surface area contributed by atoms with Gasteiger partial charge in [-0.1, -0.05) is 0 Å². The van der Waals surface area contributed by atoms with Crippen LogP contribution in [0.4, 0.5) is 0 Å². The summed E-state index contributed by atoms with van der Waals surface area (Å²) in [7, 11) is 1.96. The molecule has 3 rings (SSSR count). The molecule has 0 spiro atoms. The number of hydrogen-bond acceptors (Lipinski definition) is 5. The first kappa shape index (κ1) is 18.5. The summed E-state index contributed by atoms with van der Waals surface area (Å²) in [6, 6.07) is 3.73. The molecule has 1 atom stereocenters. The molecule has 140 valence electrons. The predicted molar refractivity (Wildman–Crippen MR) is 97.7 cm³/mol. The van der Waals surface area contributed by atoms with Crippen LogP contribution in [0.2, 0.25) is 0 Å². The van der Waals surface area contributed by atoms with E-state index in [2.05, 4.69) is 15.2 Å². The molecule has 1 aliphatic heterocycles. The summed E-state index contributed by atoms with van der Waals surface area (Å²) in [5.41, 5.74) is 1.53. The Morgan fingerprint density at radius 2 is 2.23 bits per heavy atom. The SMILES string of the molecule is CCOCC1(CCc2nncn2C)CCN(C(=O)c2ccc(C)nc2)C1. The Kier molecular flexibility index (Phi) is 5.66. The van der Waals surface area contributed by atoms with Crippen molar-refractivity contribution in [3.05, 3.63) is 41.7 Å². The number of aromatic nitrogens is 4. The van der Waals surface area contributed by atoms with Crippen molar-refractivity contribution in [1.82, 2.24) is 24.6 Å². The van der Waals surface area contributed by atoms with Gasteiger partial charge in [-0.05, 0) is 38.8 Å². The average Bonchev–Trinajstić information content (AvgIpc) is 3.25. The molecule has 7 heteroatoms. The van der Waals surface area contributed by atoms with Gasteiger partial charge in [0.15, 0.2) is 0 Å².